The van der Waals surface area contributed by atoms with Gasteiger partial charge in [-0.25, -0.2) is 9.48 Å². The van der Waals surface area contributed by atoms with Gasteiger partial charge in [-0.2, -0.15) is 5.10 Å². The number of carbonyl (C=O) groups excluding carboxylic acids is 2. The summed E-state index contributed by atoms with van der Waals surface area (Å²) in [5, 5.41) is 6.97. The topological polar surface area (TPSA) is 85.7 Å². The third kappa shape index (κ3) is 5.10. The number of hydrogen-bond acceptors (Lipinski definition) is 6. The minimum atomic E-state index is -0.554. The van der Waals surface area contributed by atoms with Gasteiger partial charge in [-0.15, -0.1) is 0 Å². The summed E-state index contributed by atoms with van der Waals surface area (Å²) >= 11 is 0. The van der Waals surface area contributed by atoms with E-state index in [4.69, 9.17) is 9.47 Å². The van der Waals surface area contributed by atoms with Crippen LogP contribution < -0.4 is 10.2 Å². The maximum atomic E-state index is 12.2. The van der Waals surface area contributed by atoms with Crippen LogP contribution in [0.5, 0.6) is 0 Å². The second-order valence-corrected chi connectivity index (χ2v) is 7.20. The van der Waals surface area contributed by atoms with Crippen molar-refractivity contribution in [1.29, 1.82) is 0 Å². The number of esters is 1. The molecule has 0 bridgehead atoms. The first-order valence-electron chi connectivity index (χ1n) is 10.1. The quantitative estimate of drug-likeness (QED) is 0.618. The number of aromatic nitrogens is 2. The summed E-state index contributed by atoms with van der Waals surface area (Å²) in [6, 6.07) is 16.4. The van der Waals surface area contributed by atoms with Crippen LogP contribution in [0.3, 0.4) is 0 Å². The van der Waals surface area contributed by atoms with Gasteiger partial charge < -0.3 is 19.7 Å². The molecule has 1 aliphatic rings. The molecule has 0 saturated carbocycles. The Morgan fingerprint density at radius 3 is 2.32 bits per heavy atom. The van der Waals surface area contributed by atoms with Gasteiger partial charge in [-0.05, 0) is 61.5 Å². The average molecular weight is 420 g/mol. The van der Waals surface area contributed by atoms with Gasteiger partial charge in [-0.1, -0.05) is 0 Å². The number of anilines is 2. The third-order valence-corrected chi connectivity index (χ3v) is 5.04. The Bertz CT molecular complexity index is 1040. The number of ether oxygens (including phenoxy) is 2. The molecule has 2 heterocycles. The molecule has 0 unspecified atom stereocenters. The lowest BCUT2D eigenvalue weighted by Crippen LogP contribution is -2.36. The molecule has 0 aliphatic carbocycles. The highest BCUT2D eigenvalue weighted by Gasteiger charge is 2.13. The largest absolute Gasteiger partial charge is 0.452 e. The molecule has 3 aromatic rings. The lowest BCUT2D eigenvalue weighted by Gasteiger charge is -2.28. The van der Waals surface area contributed by atoms with Crippen LogP contribution in [0.1, 0.15) is 16.1 Å². The third-order valence-electron chi connectivity index (χ3n) is 5.04. The average Bonchev–Trinajstić information content (AvgIpc) is 3.24. The zero-order valence-electron chi connectivity index (χ0n) is 17.3. The molecule has 1 fully saturated rings. The SMILES string of the molecule is Cc1ccnn1-c1ccc(C(=O)OCC(=O)Nc2ccc(N3CCOCC3)cc2)cc1. The summed E-state index contributed by atoms with van der Waals surface area (Å²) in [5.41, 5.74) is 3.94. The van der Waals surface area contributed by atoms with E-state index in [0.717, 1.165) is 43.4 Å². The van der Waals surface area contributed by atoms with Crippen LogP contribution >= 0.6 is 0 Å². The van der Waals surface area contributed by atoms with Crippen LogP contribution in [0.2, 0.25) is 0 Å². The number of aryl methyl sites for hydroxylation is 1. The van der Waals surface area contributed by atoms with E-state index >= 15 is 0 Å². The summed E-state index contributed by atoms with van der Waals surface area (Å²) < 4.78 is 12.3. The number of nitrogens with zero attached hydrogens (tertiary/aromatic N) is 3. The summed E-state index contributed by atoms with van der Waals surface area (Å²) in [6.07, 6.45) is 1.71. The number of amides is 1. The normalized spacial score (nSPS) is 13.6. The number of morpholine rings is 1. The first-order chi connectivity index (χ1) is 15.1. The molecule has 0 spiro atoms. The molecule has 1 amide bonds. The molecule has 0 atom stereocenters. The first kappa shape index (κ1) is 20.6. The second-order valence-electron chi connectivity index (χ2n) is 7.20. The maximum Gasteiger partial charge on any atom is 0.338 e. The number of carbonyl (C=O) groups is 2. The highest BCUT2D eigenvalue weighted by Crippen LogP contribution is 2.19. The van der Waals surface area contributed by atoms with E-state index in [2.05, 4.69) is 15.3 Å². The minimum Gasteiger partial charge on any atom is -0.452 e. The van der Waals surface area contributed by atoms with Crippen LogP contribution in [0.4, 0.5) is 11.4 Å². The van der Waals surface area contributed by atoms with Crippen LogP contribution in [-0.4, -0.2) is 54.6 Å². The van der Waals surface area contributed by atoms with Crippen molar-refractivity contribution < 1.29 is 19.1 Å². The number of rotatable bonds is 6. The van der Waals surface area contributed by atoms with E-state index in [1.165, 1.54) is 0 Å². The molecule has 0 radical (unpaired) electrons. The Morgan fingerprint density at radius 2 is 1.68 bits per heavy atom. The van der Waals surface area contributed by atoms with Gasteiger partial charge in [0, 0.05) is 36.4 Å². The zero-order valence-corrected chi connectivity index (χ0v) is 17.3. The highest BCUT2D eigenvalue weighted by atomic mass is 16.5. The van der Waals surface area contributed by atoms with Crippen molar-refractivity contribution in [2.45, 2.75) is 6.92 Å². The summed E-state index contributed by atoms with van der Waals surface area (Å²) in [6.45, 7) is 4.73. The predicted octanol–water partition coefficient (Wildman–Crippen LogP) is 2.81. The fourth-order valence-electron chi connectivity index (χ4n) is 3.37. The first-order valence-corrected chi connectivity index (χ1v) is 10.1. The molecule has 2 aromatic carbocycles. The lowest BCUT2D eigenvalue weighted by atomic mass is 10.2. The summed E-state index contributed by atoms with van der Waals surface area (Å²) in [7, 11) is 0. The Morgan fingerprint density at radius 1 is 1.00 bits per heavy atom. The van der Waals surface area contributed by atoms with Crippen LogP contribution in [0, 0.1) is 6.92 Å². The fourth-order valence-corrected chi connectivity index (χ4v) is 3.37. The predicted molar refractivity (Wildman–Crippen MR) is 117 cm³/mol. The minimum absolute atomic E-state index is 0.357. The molecule has 1 aliphatic heterocycles. The van der Waals surface area contributed by atoms with E-state index in [1.807, 2.05) is 37.3 Å². The van der Waals surface area contributed by atoms with E-state index < -0.39 is 11.9 Å². The molecule has 160 valence electrons. The lowest BCUT2D eigenvalue weighted by molar-refractivity contribution is -0.119. The molecular weight excluding hydrogens is 396 g/mol. The molecule has 1 aromatic heterocycles. The van der Waals surface area contributed by atoms with Crippen molar-refractivity contribution >= 4 is 23.3 Å². The smallest absolute Gasteiger partial charge is 0.338 e. The highest BCUT2D eigenvalue weighted by molar-refractivity contribution is 5.95. The van der Waals surface area contributed by atoms with Gasteiger partial charge in [-0.3, -0.25) is 4.79 Å². The standard InChI is InChI=1S/C23H24N4O4/c1-17-10-11-24-27(17)21-6-2-18(3-7-21)23(29)31-16-22(28)25-19-4-8-20(9-5-19)26-12-14-30-15-13-26/h2-11H,12-16H2,1H3,(H,25,28). The molecule has 8 nitrogen and oxygen atoms in total. The molecule has 31 heavy (non-hydrogen) atoms. The molecular formula is C23H24N4O4. The van der Waals surface area contributed by atoms with Crippen LogP contribution in [0.15, 0.2) is 60.8 Å². The van der Waals surface area contributed by atoms with Gasteiger partial charge in [0.05, 0.1) is 24.5 Å². The van der Waals surface area contributed by atoms with Crippen molar-refractivity contribution in [3.05, 3.63) is 72.1 Å². The molecule has 1 N–H and O–H groups in total. The van der Waals surface area contributed by atoms with Crippen molar-refractivity contribution in [2.75, 3.05) is 43.1 Å². The number of benzene rings is 2. The van der Waals surface area contributed by atoms with Gasteiger partial charge in [0.2, 0.25) is 0 Å². The molecule has 8 heteroatoms. The van der Waals surface area contributed by atoms with Crippen LogP contribution in [0.25, 0.3) is 5.69 Å². The number of nitrogens with one attached hydrogen (secondary N) is 1. The van der Waals surface area contributed by atoms with Crippen molar-refractivity contribution in [3.8, 4) is 5.69 Å². The van der Waals surface area contributed by atoms with Crippen molar-refractivity contribution in [2.24, 2.45) is 0 Å². The Kier molecular flexibility index (Phi) is 6.28. The van der Waals surface area contributed by atoms with Gasteiger partial charge in [0.15, 0.2) is 6.61 Å². The monoisotopic (exact) mass is 420 g/mol. The van der Waals surface area contributed by atoms with E-state index in [0.29, 0.717) is 11.3 Å². The van der Waals surface area contributed by atoms with Crippen molar-refractivity contribution in [3.63, 3.8) is 0 Å². The Labute approximate surface area is 180 Å². The van der Waals surface area contributed by atoms with E-state index in [9.17, 15) is 9.59 Å². The second kappa shape index (κ2) is 9.44. The van der Waals surface area contributed by atoms with E-state index in [1.54, 1.807) is 35.1 Å². The zero-order chi connectivity index (χ0) is 21.6. The Hall–Kier alpha value is -3.65. The van der Waals surface area contributed by atoms with Gasteiger partial charge in [0.25, 0.3) is 5.91 Å². The van der Waals surface area contributed by atoms with Gasteiger partial charge in [0.1, 0.15) is 0 Å². The van der Waals surface area contributed by atoms with Gasteiger partial charge >= 0.3 is 5.97 Å². The van der Waals surface area contributed by atoms with Crippen molar-refractivity contribution in [1.82, 2.24) is 9.78 Å². The maximum absolute atomic E-state index is 12.2. The molecule has 1 saturated heterocycles. The number of hydrogen-bond donors (Lipinski definition) is 1. The summed E-state index contributed by atoms with van der Waals surface area (Å²) in [5.74, 6) is -0.946. The fraction of sp³-hybridized carbons (Fsp3) is 0.261. The Balaban J connectivity index is 1.27. The van der Waals surface area contributed by atoms with E-state index in [-0.39, 0.29) is 6.61 Å². The molecule has 4 rings (SSSR count). The van der Waals surface area contributed by atoms with Crippen LogP contribution in [-0.2, 0) is 14.3 Å². The summed E-state index contributed by atoms with van der Waals surface area (Å²) in [4.78, 5) is 26.6.